The summed E-state index contributed by atoms with van der Waals surface area (Å²) in [6, 6.07) is 3.64. The van der Waals surface area contributed by atoms with E-state index in [0.29, 0.717) is 19.5 Å². The fourth-order valence-corrected chi connectivity index (χ4v) is 2.78. The van der Waals surface area contributed by atoms with Crippen molar-refractivity contribution in [3.05, 3.63) is 41.5 Å². The van der Waals surface area contributed by atoms with E-state index >= 15 is 0 Å². The molecule has 132 valence electrons. The van der Waals surface area contributed by atoms with Gasteiger partial charge < -0.3 is 21.1 Å². The number of halogens is 1. The molecule has 0 aliphatic carbocycles. The Morgan fingerprint density at radius 2 is 2.20 bits per heavy atom. The van der Waals surface area contributed by atoms with Crippen LogP contribution < -0.4 is 11.1 Å². The number of nitrogens with zero attached hydrogens (tertiary/aromatic N) is 3. The molecule has 3 amide bonds. The fourth-order valence-electron chi connectivity index (χ4n) is 2.78. The number of primary amides is 1. The molecule has 1 fully saturated rings. The van der Waals surface area contributed by atoms with Crippen molar-refractivity contribution in [3.63, 3.8) is 0 Å². The molecule has 2 aromatic rings. The number of carbonyl (C=O) groups excluding carboxylic acids is 2. The number of hydrogen-bond donors (Lipinski definition) is 3. The maximum Gasteiger partial charge on any atom is 0.314 e. The van der Waals surface area contributed by atoms with E-state index in [2.05, 4.69) is 10.4 Å². The number of benzene rings is 1. The SMILES string of the molecule is Cc1ccc(F)c(-n2cc(O)c(C(=O)NC3CCN(C(N)=O)C3)n2)c1. The smallest absolute Gasteiger partial charge is 0.314 e. The third-order valence-electron chi connectivity index (χ3n) is 4.09. The largest absolute Gasteiger partial charge is 0.504 e. The van der Waals surface area contributed by atoms with Crippen LogP contribution in [0, 0.1) is 12.7 Å². The molecule has 1 unspecified atom stereocenters. The molecule has 1 saturated heterocycles. The van der Waals surface area contributed by atoms with Gasteiger partial charge in [0.15, 0.2) is 11.4 Å². The number of rotatable bonds is 3. The van der Waals surface area contributed by atoms with Crippen molar-refractivity contribution >= 4 is 11.9 Å². The summed E-state index contributed by atoms with van der Waals surface area (Å²) in [7, 11) is 0. The van der Waals surface area contributed by atoms with Crippen molar-refractivity contribution in [2.45, 2.75) is 19.4 Å². The van der Waals surface area contributed by atoms with Gasteiger partial charge in [0.2, 0.25) is 0 Å². The summed E-state index contributed by atoms with van der Waals surface area (Å²) in [4.78, 5) is 24.9. The molecule has 2 heterocycles. The maximum absolute atomic E-state index is 14.0. The highest BCUT2D eigenvalue weighted by Gasteiger charge is 2.28. The highest BCUT2D eigenvalue weighted by molar-refractivity contribution is 5.95. The predicted octanol–water partition coefficient (Wildman–Crippen LogP) is 0.908. The van der Waals surface area contributed by atoms with Crippen LogP contribution in [0.4, 0.5) is 9.18 Å². The van der Waals surface area contributed by atoms with Gasteiger partial charge in [-0.3, -0.25) is 4.79 Å². The summed E-state index contributed by atoms with van der Waals surface area (Å²) in [5.41, 5.74) is 5.94. The Kier molecular flexibility index (Phi) is 4.30. The van der Waals surface area contributed by atoms with E-state index in [1.807, 2.05) is 0 Å². The number of aromatic nitrogens is 2. The van der Waals surface area contributed by atoms with E-state index in [9.17, 15) is 19.1 Å². The number of nitrogens with one attached hydrogen (secondary N) is 1. The van der Waals surface area contributed by atoms with Crippen LogP contribution in [0.2, 0.25) is 0 Å². The Morgan fingerprint density at radius 1 is 1.44 bits per heavy atom. The van der Waals surface area contributed by atoms with Crippen molar-refractivity contribution in [2.24, 2.45) is 5.73 Å². The minimum absolute atomic E-state index is 0.134. The third-order valence-corrected chi connectivity index (χ3v) is 4.09. The number of likely N-dealkylation sites (tertiary alicyclic amines) is 1. The van der Waals surface area contributed by atoms with Crippen LogP contribution in [0.5, 0.6) is 5.75 Å². The molecule has 0 spiro atoms. The van der Waals surface area contributed by atoms with Crippen LogP contribution in [-0.2, 0) is 0 Å². The first kappa shape index (κ1) is 16.7. The van der Waals surface area contributed by atoms with E-state index in [1.165, 1.54) is 17.2 Å². The van der Waals surface area contributed by atoms with E-state index in [4.69, 9.17) is 5.73 Å². The van der Waals surface area contributed by atoms with Crippen LogP contribution in [0.25, 0.3) is 5.69 Å². The first-order valence-corrected chi connectivity index (χ1v) is 7.75. The standard InChI is InChI=1S/C16H18FN5O3/c1-9-2-3-11(17)12(6-9)22-8-13(23)14(20-22)15(24)19-10-4-5-21(7-10)16(18)25/h2-3,6,8,10,23H,4-5,7H2,1H3,(H2,18,25)(H,19,24). The predicted molar refractivity (Wildman–Crippen MR) is 87.0 cm³/mol. The zero-order chi connectivity index (χ0) is 18.1. The van der Waals surface area contributed by atoms with Crippen molar-refractivity contribution in [2.75, 3.05) is 13.1 Å². The van der Waals surface area contributed by atoms with Gasteiger partial charge in [0.05, 0.1) is 6.20 Å². The number of urea groups is 1. The van der Waals surface area contributed by atoms with Gasteiger partial charge in [0, 0.05) is 19.1 Å². The summed E-state index contributed by atoms with van der Waals surface area (Å²) in [5, 5.41) is 16.7. The molecule has 0 bridgehead atoms. The van der Waals surface area contributed by atoms with E-state index in [1.54, 1.807) is 19.1 Å². The van der Waals surface area contributed by atoms with Crippen LogP contribution in [-0.4, -0.2) is 50.9 Å². The molecule has 1 atom stereocenters. The second kappa shape index (κ2) is 6.42. The zero-order valence-corrected chi connectivity index (χ0v) is 13.6. The van der Waals surface area contributed by atoms with Gasteiger partial charge in [0.25, 0.3) is 5.91 Å². The number of hydrogen-bond acceptors (Lipinski definition) is 4. The first-order valence-electron chi connectivity index (χ1n) is 7.75. The molecule has 1 aromatic carbocycles. The van der Waals surface area contributed by atoms with Crippen LogP contribution in [0.1, 0.15) is 22.5 Å². The second-order valence-electron chi connectivity index (χ2n) is 6.01. The zero-order valence-electron chi connectivity index (χ0n) is 13.6. The average molecular weight is 347 g/mol. The van der Waals surface area contributed by atoms with Gasteiger partial charge in [-0.05, 0) is 31.0 Å². The van der Waals surface area contributed by atoms with Crippen molar-refractivity contribution < 1.29 is 19.1 Å². The highest BCUT2D eigenvalue weighted by Crippen LogP contribution is 2.21. The molecular weight excluding hydrogens is 329 g/mol. The Bertz CT molecular complexity index is 835. The molecule has 9 heteroatoms. The Morgan fingerprint density at radius 3 is 2.88 bits per heavy atom. The van der Waals surface area contributed by atoms with E-state index < -0.39 is 17.8 Å². The van der Waals surface area contributed by atoms with E-state index in [-0.39, 0.29) is 23.2 Å². The molecule has 1 aliphatic heterocycles. The highest BCUT2D eigenvalue weighted by atomic mass is 19.1. The van der Waals surface area contributed by atoms with Crippen LogP contribution >= 0.6 is 0 Å². The van der Waals surface area contributed by atoms with Gasteiger partial charge >= 0.3 is 6.03 Å². The summed E-state index contributed by atoms with van der Waals surface area (Å²) in [6.45, 7) is 2.55. The van der Waals surface area contributed by atoms with E-state index in [0.717, 1.165) is 10.2 Å². The molecule has 3 rings (SSSR count). The number of aryl methyl sites for hydroxylation is 1. The summed E-state index contributed by atoms with van der Waals surface area (Å²) >= 11 is 0. The monoisotopic (exact) mass is 347 g/mol. The number of aromatic hydroxyl groups is 1. The summed E-state index contributed by atoms with van der Waals surface area (Å²) in [6.07, 6.45) is 1.74. The van der Waals surface area contributed by atoms with Crippen molar-refractivity contribution in [1.29, 1.82) is 0 Å². The van der Waals surface area contributed by atoms with Crippen molar-refractivity contribution in [1.82, 2.24) is 20.0 Å². The van der Waals surface area contributed by atoms with Gasteiger partial charge in [0.1, 0.15) is 11.5 Å². The lowest BCUT2D eigenvalue weighted by Gasteiger charge is -2.14. The molecule has 1 aromatic heterocycles. The summed E-state index contributed by atoms with van der Waals surface area (Å²) in [5.74, 6) is -1.48. The summed E-state index contributed by atoms with van der Waals surface area (Å²) < 4.78 is 15.1. The number of carbonyl (C=O) groups is 2. The Labute approximate surface area is 143 Å². The molecule has 25 heavy (non-hydrogen) atoms. The normalized spacial score (nSPS) is 16.9. The minimum atomic E-state index is -0.597. The topological polar surface area (TPSA) is 113 Å². The van der Waals surface area contributed by atoms with Gasteiger partial charge in [-0.1, -0.05) is 6.07 Å². The minimum Gasteiger partial charge on any atom is -0.504 e. The Hall–Kier alpha value is -3.10. The third kappa shape index (κ3) is 3.39. The van der Waals surface area contributed by atoms with Gasteiger partial charge in [-0.2, -0.15) is 5.10 Å². The second-order valence-corrected chi connectivity index (χ2v) is 6.01. The molecular formula is C16H18FN5O3. The fraction of sp³-hybridized carbons (Fsp3) is 0.312. The van der Waals surface area contributed by atoms with Crippen LogP contribution in [0.15, 0.2) is 24.4 Å². The maximum atomic E-state index is 14.0. The molecule has 8 nitrogen and oxygen atoms in total. The van der Waals surface area contributed by atoms with Crippen molar-refractivity contribution in [3.8, 4) is 11.4 Å². The molecule has 4 N–H and O–H groups in total. The first-order chi connectivity index (χ1) is 11.8. The number of amides is 3. The lowest BCUT2D eigenvalue weighted by molar-refractivity contribution is 0.0930. The average Bonchev–Trinajstić information content (AvgIpc) is 3.16. The molecule has 0 radical (unpaired) electrons. The quantitative estimate of drug-likeness (QED) is 0.766. The van der Waals surface area contributed by atoms with Gasteiger partial charge in [-0.25, -0.2) is 13.9 Å². The van der Waals surface area contributed by atoms with Gasteiger partial charge in [-0.15, -0.1) is 0 Å². The van der Waals surface area contributed by atoms with Crippen LogP contribution in [0.3, 0.4) is 0 Å². The Balaban J connectivity index is 1.77. The molecule has 0 saturated carbocycles. The molecule has 1 aliphatic rings. The lowest BCUT2D eigenvalue weighted by atomic mass is 10.2. The number of nitrogens with two attached hydrogens (primary N) is 1. The lowest BCUT2D eigenvalue weighted by Crippen LogP contribution is -2.40.